The number of likely N-dealkylation sites (tertiary alicyclic amines) is 1. The predicted molar refractivity (Wildman–Crippen MR) is 68.7 cm³/mol. The minimum absolute atomic E-state index is 0.111. The third kappa shape index (κ3) is 3.75. The van der Waals surface area contributed by atoms with Crippen molar-refractivity contribution < 1.29 is 14.7 Å². The van der Waals surface area contributed by atoms with Crippen LogP contribution in [0.15, 0.2) is 18.3 Å². The summed E-state index contributed by atoms with van der Waals surface area (Å²) in [4.78, 5) is 28.3. The molecule has 0 aromatic carbocycles. The number of rotatable bonds is 5. The Hall–Kier alpha value is -1.95. The molecule has 19 heavy (non-hydrogen) atoms. The quantitative estimate of drug-likeness (QED) is 0.808. The molecular formula is C13H17N3O3. The van der Waals surface area contributed by atoms with Crippen LogP contribution in [0, 0.1) is 0 Å². The van der Waals surface area contributed by atoms with Crippen LogP contribution in [0.25, 0.3) is 0 Å². The van der Waals surface area contributed by atoms with E-state index in [9.17, 15) is 9.59 Å². The first-order valence-corrected chi connectivity index (χ1v) is 6.33. The lowest BCUT2D eigenvalue weighted by Gasteiger charge is -2.15. The van der Waals surface area contributed by atoms with Crippen LogP contribution in [-0.2, 0) is 11.3 Å². The van der Waals surface area contributed by atoms with Crippen molar-refractivity contribution in [2.24, 2.45) is 0 Å². The van der Waals surface area contributed by atoms with Crippen LogP contribution in [0.5, 0.6) is 0 Å². The van der Waals surface area contributed by atoms with Crippen LogP contribution in [0.1, 0.15) is 28.9 Å². The third-order valence-corrected chi connectivity index (χ3v) is 3.11. The fourth-order valence-corrected chi connectivity index (χ4v) is 2.03. The molecule has 0 unspecified atom stereocenters. The molecule has 2 rings (SSSR count). The van der Waals surface area contributed by atoms with Crippen molar-refractivity contribution in [3.05, 3.63) is 29.6 Å². The zero-order chi connectivity index (χ0) is 13.7. The Morgan fingerprint density at radius 1 is 1.32 bits per heavy atom. The van der Waals surface area contributed by atoms with Gasteiger partial charge in [0.05, 0.1) is 17.8 Å². The van der Waals surface area contributed by atoms with Crippen LogP contribution in [0.3, 0.4) is 0 Å². The molecule has 1 aliphatic heterocycles. The molecule has 0 saturated carbocycles. The highest BCUT2D eigenvalue weighted by Crippen LogP contribution is 2.06. The molecule has 6 nitrogen and oxygen atoms in total. The molecular weight excluding hydrogens is 246 g/mol. The molecule has 0 atom stereocenters. The van der Waals surface area contributed by atoms with Crippen molar-refractivity contribution in [3.8, 4) is 0 Å². The number of aromatic carboxylic acids is 1. The van der Waals surface area contributed by atoms with E-state index >= 15 is 0 Å². The van der Waals surface area contributed by atoms with E-state index in [4.69, 9.17) is 5.11 Å². The van der Waals surface area contributed by atoms with Gasteiger partial charge in [0.2, 0.25) is 5.91 Å². The normalized spacial score (nSPS) is 14.6. The molecule has 2 heterocycles. The molecule has 1 saturated heterocycles. The van der Waals surface area contributed by atoms with Crippen molar-refractivity contribution in [2.45, 2.75) is 19.4 Å². The Morgan fingerprint density at radius 3 is 2.63 bits per heavy atom. The number of nitrogens with zero attached hydrogens (tertiary/aromatic N) is 2. The summed E-state index contributed by atoms with van der Waals surface area (Å²) in [6, 6.07) is 3.16. The summed E-state index contributed by atoms with van der Waals surface area (Å²) in [5.74, 6) is -0.879. The Balaban J connectivity index is 1.75. The Labute approximate surface area is 111 Å². The summed E-state index contributed by atoms with van der Waals surface area (Å²) in [7, 11) is 0. The molecule has 1 aliphatic rings. The van der Waals surface area contributed by atoms with Crippen LogP contribution in [-0.4, -0.2) is 46.5 Å². The smallest absolute Gasteiger partial charge is 0.337 e. The molecule has 0 aliphatic carbocycles. The van der Waals surface area contributed by atoms with E-state index in [1.807, 2.05) is 4.90 Å². The highest BCUT2D eigenvalue weighted by atomic mass is 16.4. The van der Waals surface area contributed by atoms with Gasteiger partial charge < -0.3 is 15.3 Å². The molecule has 1 aromatic heterocycles. The van der Waals surface area contributed by atoms with E-state index in [-0.39, 0.29) is 11.5 Å². The summed E-state index contributed by atoms with van der Waals surface area (Å²) < 4.78 is 0. The molecule has 102 valence electrons. The summed E-state index contributed by atoms with van der Waals surface area (Å²) >= 11 is 0. The van der Waals surface area contributed by atoms with Gasteiger partial charge in [0, 0.05) is 25.8 Å². The minimum Gasteiger partial charge on any atom is -0.478 e. The largest absolute Gasteiger partial charge is 0.478 e. The van der Waals surface area contributed by atoms with E-state index in [0.29, 0.717) is 13.1 Å². The highest BCUT2D eigenvalue weighted by Gasteiger charge is 2.16. The number of carboxylic acids is 1. The van der Waals surface area contributed by atoms with Gasteiger partial charge in [-0.1, -0.05) is 0 Å². The maximum atomic E-state index is 11.7. The zero-order valence-electron chi connectivity index (χ0n) is 10.6. The van der Waals surface area contributed by atoms with Gasteiger partial charge in [0.15, 0.2) is 0 Å². The molecule has 0 radical (unpaired) electrons. The van der Waals surface area contributed by atoms with E-state index < -0.39 is 5.97 Å². The Kier molecular flexibility index (Phi) is 4.46. The van der Waals surface area contributed by atoms with Crippen molar-refractivity contribution in [3.63, 3.8) is 0 Å². The van der Waals surface area contributed by atoms with Gasteiger partial charge in [0.25, 0.3) is 0 Å². The van der Waals surface area contributed by atoms with Crippen molar-refractivity contribution in [1.82, 2.24) is 15.2 Å². The fraction of sp³-hybridized carbons (Fsp3) is 0.462. The van der Waals surface area contributed by atoms with Crippen LogP contribution in [0.4, 0.5) is 0 Å². The van der Waals surface area contributed by atoms with Crippen molar-refractivity contribution in [2.75, 3.05) is 19.6 Å². The van der Waals surface area contributed by atoms with Gasteiger partial charge in [-0.2, -0.15) is 0 Å². The number of carboxylic acid groups (broad SMARTS) is 1. The minimum atomic E-state index is -0.990. The lowest BCUT2D eigenvalue weighted by molar-refractivity contribution is -0.129. The van der Waals surface area contributed by atoms with E-state index in [0.717, 1.165) is 31.6 Å². The molecule has 2 N–H and O–H groups in total. The Bertz CT molecular complexity index is 453. The zero-order valence-corrected chi connectivity index (χ0v) is 10.6. The number of carbonyl (C=O) groups is 2. The van der Waals surface area contributed by atoms with Gasteiger partial charge in [-0.3, -0.25) is 9.78 Å². The standard InChI is InChI=1S/C13H17N3O3/c17-12(16-5-1-2-6-16)9-14-8-11-4-3-10(7-15-11)13(18)19/h3-4,7,14H,1-2,5-6,8-9H2,(H,18,19). The first kappa shape index (κ1) is 13.5. The van der Waals surface area contributed by atoms with Gasteiger partial charge >= 0.3 is 5.97 Å². The maximum absolute atomic E-state index is 11.7. The topological polar surface area (TPSA) is 82.5 Å². The van der Waals surface area contributed by atoms with Gasteiger partial charge in [0.1, 0.15) is 0 Å². The summed E-state index contributed by atoms with van der Waals surface area (Å²) in [5, 5.41) is 11.8. The lowest BCUT2D eigenvalue weighted by Crippen LogP contribution is -2.36. The summed E-state index contributed by atoms with van der Waals surface area (Å²) in [5.41, 5.74) is 0.885. The molecule has 1 fully saturated rings. The number of nitrogens with one attached hydrogen (secondary N) is 1. The van der Waals surface area contributed by atoms with Crippen LogP contribution >= 0.6 is 0 Å². The van der Waals surface area contributed by atoms with Crippen LogP contribution < -0.4 is 5.32 Å². The second-order valence-electron chi connectivity index (χ2n) is 4.53. The number of hydrogen-bond donors (Lipinski definition) is 2. The Morgan fingerprint density at radius 2 is 2.05 bits per heavy atom. The average Bonchev–Trinajstić information content (AvgIpc) is 2.93. The molecule has 0 spiro atoms. The first-order chi connectivity index (χ1) is 9.16. The molecule has 1 amide bonds. The second-order valence-corrected chi connectivity index (χ2v) is 4.53. The summed E-state index contributed by atoms with van der Waals surface area (Å²) in [6.45, 7) is 2.46. The maximum Gasteiger partial charge on any atom is 0.337 e. The second kappa shape index (κ2) is 6.29. The third-order valence-electron chi connectivity index (χ3n) is 3.11. The predicted octanol–water partition coefficient (Wildman–Crippen LogP) is 0.492. The van der Waals surface area contributed by atoms with Gasteiger partial charge in [-0.15, -0.1) is 0 Å². The van der Waals surface area contributed by atoms with Gasteiger partial charge in [-0.05, 0) is 25.0 Å². The van der Waals surface area contributed by atoms with E-state index in [1.165, 1.54) is 12.3 Å². The number of aromatic nitrogens is 1. The van der Waals surface area contributed by atoms with Crippen molar-refractivity contribution in [1.29, 1.82) is 0 Å². The van der Waals surface area contributed by atoms with E-state index in [1.54, 1.807) is 6.07 Å². The number of carbonyl (C=O) groups excluding carboxylic acids is 1. The average molecular weight is 263 g/mol. The van der Waals surface area contributed by atoms with E-state index in [2.05, 4.69) is 10.3 Å². The number of hydrogen-bond acceptors (Lipinski definition) is 4. The molecule has 1 aromatic rings. The van der Waals surface area contributed by atoms with Crippen LogP contribution in [0.2, 0.25) is 0 Å². The molecule has 0 bridgehead atoms. The summed E-state index contributed by atoms with van der Waals surface area (Å²) in [6.07, 6.45) is 3.50. The first-order valence-electron chi connectivity index (χ1n) is 6.33. The van der Waals surface area contributed by atoms with Gasteiger partial charge in [-0.25, -0.2) is 4.79 Å². The SMILES string of the molecule is O=C(O)c1ccc(CNCC(=O)N2CCCC2)nc1. The highest BCUT2D eigenvalue weighted by molar-refractivity contribution is 5.87. The fourth-order valence-electron chi connectivity index (χ4n) is 2.03. The number of amides is 1. The van der Waals surface area contributed by atoms with Crippen molar-refractivity contribution >= 4 is 11.9 Å². The number of pyridine rings is 1. The molecule has 6 heteroatoms. The monoisotopic (exact) mass is 263 g/mol. The lowest BCUT2D eigenvalue weighted by atomic mass is 10.2.